The van der Waals surface area contributed by atoms with Crippen molar-refractivity contribution < 1.29 is 19.7 Å². The predicted molar refractivity (Wildman–Crippen MR) is 137 cm³/mol. The maximum absolute atomic E-state index is 14.1. The highest BCUT2D eigenvalue weighted by atomic mass is 16.5. The third kappa shape index (κ3) is 2.55. The summed E-state index contributed by atoms with van der Waals surface area (Å²) >= 11 is 0. The van der Waals surface area contributed by atoms with Crippen LogP contribution in [-0.4, -0.2) is 51.7 Å². The Morgan fingerprint density at radius 3 is 2.78 bits per heavy atom. The summed E-state index contributed by atoms with van der Waals surface area (Å²) in [5, 5.41) is 25.7. The van der Waals surface area contributed by atoms with E-state index in [1.54, 1.807) is 6.07 Å². The molecule has 2 N–H and O–H groups in total. The number of phenols is 1. The molecular weight excluding hydrogens is 450 g/mol. The van der Waals surface area contributed by atoms with Crippen LogP contribution in [0.5, 0.6) is 11.5 Å². The van der Waals surface area contributed by atoms with Gasteiger partial charge in [0.1, 0.15) is 0 Å². The lowest BCUT2D eigenvalue weighted by molar-refractivity contribution is -0.179. The summed E-state index contributed by atoms with van der Waals surface area (Å²) in [5.41, 5.74) is 1.63. The third-order valence-corrected chi connectivity index (χ3v) is 9.68. The fourth-order valence-corrected chi connectivity index (χ4v) is 7.87. The van der Waals surface area contributed by atoms with E-state index in [-0.39, 0.29) is 17.6 Å². The lowest BCUT2D eigenvalue weighted by Crippen LogP contribution is -2.77. The molecule has 2 aliphatic heterocycles. The van der Waals surface area contributed by atoms with Gasteiger partial charge in [0, 0.05) is 30.1 Å². The fourth-order valence-electron chi connectivity index (χ4n) is 7.87. The van der Waals surface area contributed by atoms with Crippen LogP contribution in [0, 0.1) is 5.92 Å². The molecule has 0 radical (unpaired) electrons. The number of ketones is 1. The van der Waals surface area contributed by atoms with E-state index in [0.717, 1.165) is 40.6 Å². The average molecular weight is 480 g/mol. The number of carbonyl (C=O) groups is 1. The van der Waals surface area contributed by atoms with Crippen molar-refractivity contribution >= 4 is 22.6 Å². The molecule has 1 unspecified atom stereocenters. The van der Waals surface area contributed by atoms with Crippen molar-refractivity contribution in [1.82, 2.24) is 4.90 Å². The van der Waals surface area contributed by atoms with Crippen molar-refractivity contribution in [3.05, 3.63) is 76.9 Å². The van der Waals surface area contributed by atoms with Crippen molar-refractivity contribution in [3.8, 4) is 11.5 Å². The minimum atomic E-state index is -1.14. The maximum atomic E-state index is 14.1. The molecule has 1 saturated heterocycles. The average Bonchev–Trinajstić information content (AvgIpc) is 3.62. The summed E-state index contributed by atoms with van der Waals surface area (Å²) in [4.78, 5) is 16.6. The first-order chi connectivity index (χ1) is 17.5. The second-order valence-electron chi connectivity index (χ2n) is 11.5. The van der Waals surface area contributed by atoms with Gasteiger partial charge in [0.25, 0.3) is 0 Å². The number of hydrogen-bond donors (Lipinski definition) is 2. The van der Waals surface area contributed by atoms with Crippen molar-refractivity contribution in [3.63, 3.8) is 0 Å². The van der Waals surface area contributed by atoms with Gasteiger partial charge in [0.15, 0.2) is 23.4 Å². The number of rotatable bonds is 3. The minimum absolute atomic E-state index is 0.0612. The van der Waals surface area contributed by atoms with E-state index >= 15 is 0 Å². The lowest BCUT2D eigenvalue weighted by Gasteiger charge is -2.62. The molecule has 3 fully saturated rings. The number of phenolic OH excluding ortho intramolecular Hbond substituents is 1. The van der Waals surface area contributed by atoms with Crippen LogP contribution >= 0.6 is 0 Å². The molecule has 0 aromatic heterocycles. The van der Waals surface area contributed by atoms with Gasteiger partial charge in [-0.25, -0.2) is 0 Å². The highest BCUT2D eigenvalue weighted by molar-refractivity contribution is 6.08. The van der Waals surface area contributed by atoms with Gasteiger partial charge in [0.2, 0.25) is 0 Å². The predicted octanol–water partition coefficient (Wildman–Crippen LogP) is 4.37. The first-order valence-corrected chi connectivity index (χ1v) is 13.2. The van der Waals surface area contributed by atoms with Crippen LogP contribution in [0.2, 0.25) is 0 Å². The number of ether oxygens (including phenoxy) is 1. The second kappa shape index (κ2) is 6.99. The summed E-state index contributed by atoms with van der Waals surface area (Å²) < 4.78 is 6.35. The summed E-state index contributed by atoms with van der Waals surface area (Å²) in [7, 11) is 0. The van der Waals surface area contributed by atoms with E-state index in [1.165, 1.54) is 12.8 Å². The molecule has 3 aromatic rings. The van der Waals surface area contributed by atoms with Gasteiger partial charge < -0.3 is 14.9 Å². The molecule has 5 aliphatic rings. The summed E-state index contributed by atoms with van der Waals surface area (Å²) in [5.74, 6) is 1.12. The molecule has 4 atom stereocenters. The molecule has 5 heteroatoms. The molecule has 5 nitrogen and oxygen atoms in total. The van der Waals surface area contributed by atoms with Gasteiger partial charge in [-0.3, -0.25) is 9.69 Å². The zero-order valence-corrected chi connectivity index (χ0v) is 20.1. The van der Waals surface area contributed by atoms with Gasteiger partial charge in [-0.1, -0.05) is 48.5 Å². The molecule has 3 aromatic carbocycles. The number of Topliss-reactive ketones (excluding diaryl/α,β-unsaturated/α-hetero) is 1. The SMILES string of the molecule is O=C1/C(=C/c2cccc3ccccc23)C[C@@]2(O)[C@H]3Cc4ccc(O)c5c4C2(CCN3CC2CC2)[C@H]1O5. The van der Waals surface area contributed by atoms with Crippen LogP contribution in [-0.2, 0) is 16.6 Å². The minimum Gasteiger partial charge on any atom is -0.504 e. The van der Waals surface area contributed by atoms with Crippen molar-refractivity contribution in [1.29, 1.82) is 0 Å². The van der Waals surface area contributed by atoms with E-state index in [4.69, 9.17) is 4.74 Å². The third-order valence-electron chi connectivity index (χ3n) is 9.68. The van der Waals surface area contributed by atoms with Gasteiger partial charge in [-0.2, -0.15) is 0 Å². The largest absolute Gasteiger partial charge is 0.504 e. The molecule has 1 spiro atoms. The Morgan fingerprint density at radius 2 is 1.92 bits per heavy atom. The highest BCUT2D eigenvalue weighted by Crippen LogP contribution is 2.65. The van der Waals surface area contributed by atoms with E-state index in [0.29, 0.717) is 36.5 Å². The quantitative estimate of drug-likeness (QED) is 0.546. The van der Waals surface area contributed by atoms with Crippen LogP contribution in [0.15, 0.2) is 60.2 Å². The molecule has 2 saturated carbocycles. The molecule has 0 amide bonds. The van der Waals surface area contributed by atoms with E-state index in [1.807, 2.05) is 36.4 Å². The number of nitrogens with zero attached hydrogens (tertiary/aromatic N) is 1. The molecular formula is C31H29NO4. The second-order valence-corrected chi connectivity index (χ2v) is 11.5. The van der Waals surface area contributed by atoms with Gasteiger partial charge in [0.05, 0.1) is 11.0 Å². The molecule has 2 heterocycles. The number of benzene rings is 3. The lowest BCUT2D eigenvalue weighted by atomic mass is 9.48. The Kier molecular flexibility index (Phi) is 4.07. The van der Waals surface area contributed by atoms with E-state index in [9.17, 15) is 15.0 Å². The molecule has 2 bridgehead atoms. The Hall–Kier alpha value is -3.15. The van der Waals surface area contributed by atoms with Gasteiger partial charge >= 0.3 is 0 Å². The van der Waals surface area contributed by atoms with Crippen molar-refractivity contribution in [2.75, 3.05) is 13.1 Å². The Labute approximate surface area is 210 Å². The highest BCUT2D eigenvalue weighted by Gasteiger charge is 2.74. The van der Waals surface area contributed by atoms with E-state index in [2.05, 4.69) is 23.1 Å². The number of aromatic hydroxyl groups is 1. The Bertz CT molecular complexity index is 1480. The Balaban J connectivity index is 1.32. The number of likely N-dealkylation sites (tertiary alicyclic amines) is 1. The van der Waals surface area contributed by atoms with E-state index < -0.39 is 17.1 Å². The topological polar surface area (TPSA) is 70.0 Å². The zero-order valence-electron chi connectivity index (χ0n) is 20.1. The number of fused-ring (bicyclic) bond motifs is 1. The Morgan fingerprint density at radius 1 is 1.08 bits per heavy atom. The number of carbonyl (C=O) groups excluding carboxylic acids is 1. The van der Waals surface area contributed by atoms with Crippen LogP contribution in [0.25, 0.3) is 16.8 Å². The van der Waals surface area contributed by atoms with Crippen molar-refractivity contribution in [2.24, 2.45) is 5.92 Å². The summed E-state index contributed by atoms with van der Waals surface area (Å²) in [6.07, 6.45) is 5.35. The fraction of sp³-hybridized carbons (Fsp3) is 0.387. The molecule has 36 heavy (non-hydrogen) atoms. The van der Waals surface area contributed by atoms with Crippen LogP contribution in [0.4, 0.5) is 0 Å². The monoisotopic (exact) mass is 479 g/mol. The zero-order chi connectivity index (χ0) is 24.2. The number of hydrogen-bond acceptors (Lipinski definition) is 5. The van der Waals surface area contributed by atoms with Crippen LogP contribution in [0.3, 0.4) is 0 Å². The molecule has 3 aliphatic carbocycles. The molecule has 182 valence electrons. The summed E-state index contributed by atoms with van der Waals surface area (Å²) in [6, 6.07) is 17.9. The van der Waals surface area contributed by atoms with Crippen molar-refractivity contribution in [2.45, 2.75) is 55.3 Å². The normalized spacial score (nSPS) is 33.6. The van der Waals surface area contributed by atoms with Gasteiger partial charge in [-0.05, 0) is 72.2 Å². The number of piperidine rings is 1. The first kappa shape index (κ1) is 21.0. The maximum Gasteiger partial charge on any atom is 0.200 e. The van der Waals surface area contributed by atoms with Crippen LogP contribution in [0.1, 0.15) is 42.4 Å². The molecule has 8 rings (SSSR count). The first-order valence-electron chi connectivity index (χ1n) is 13.2. The van der Waals surface area contributed by atoms with Crippen LogP contribution < -0.4 is 4.74 Å². The van der Waals surface area contributed by atoms with Gasteiger partial charge in [-0.15, -0.1) is 0 Å². The number of aliphatic hydroxyl groups is 1. The smallest absolute Gasteiger partial charge is 0.200 e. The summed E-state index contributed by atoms with van der Waals surface area (Å²) in [6.45, 7) is 1.85. The standard InChI is InChI=1S/C31H29NO4/c33-24-11-10-21-15-25-31(35)16-22(14-20-6-3-5-19-4-1-2-7-23(19)20)27(34)29-30(31,26(21)28(24)36-29)12-13-32(25)17-18-8-9-18/h1-7,10-11,14,18,25,29,33,35H,8-9,12-13,15-17H2/b22-14+/t25-,29+,30?,31-/m1/s1.